The molecule has 0 spiro atoms. The van der Waals surface area contributed by atoms with Crippen molar-refractivity contribution in [2.75, 3.05) is 13.1 Å². The third-order valence-corrected chi connectivity index (χ3v) is 13.2. The van der Waals surface area contributed by atoms with Gasteiger partial charge in [-0.1, -0.05) is 69.3 Å². The van der Waals surface area contributed by atoms with Gasteiger partial charge in [-0.25, -0.2) is 9.59 Å². The second-order valence-electron chi connectivity index (χ2n) is 14.8. The molecule has 0 aliphatic carbocycles. The number of likely N-dealkylation sites (tertiary alicyclic amines) is 1. The van der Waals surface area contributed by atoms with Gasteiger partial charge in [0.2, 0.25) is 5.79 Å². The standard InChI is InChI=1S/C38H50N2O7Si/c1-36(2,3)46-35(43)40-25-15-24-38(47-48(7,8)37(4,5)6,32(26-40)39-33(41)29-18-13-10-14-19-29)45-34(42)30-20-22-31(23-21-30)44-27-28-16-11-9-12-17-28/h9-14,16-23,32H,15,24-27H2,1-8H3,(H,39,41)/t32-,38-/m1/s1. The van der Waals surface area contributed by atoms with Crippen molar-refractivity contribution in [3.05, 3.63) is 102 Å². The highest BCUT2D eigenvalue weighted by Crippen LogP contribution is 2.43. The summed E-state index contributed by atoms with van der Waals surface area (Å²) in [7, 11) is -2.65. The lowest BCUT2D eigenvalue weighted by Crippen LogP contribution is -2.64. The van der Waals surface area contributed by atoms with Crippen molar-refractivity contribution < 1.29 is 33.0 Å². The van der Waals surface area contributed by atoms with E-state index in [9.17, 15) is 14.4 Å². The van der Waals surface area contributed by atoms with E-state index in [0.29, 0.717) is 36.4 Å². The molecule has 2 amide bonds. The number of carbonyl (C=O) groups is 3. The number of amides is 2. The van der Waals surface area contributed by atoms with Crippen molar-refractivity contribution in [2.24, 2.45) is 0 Å². The number of ether oxygens (including phenoxy) is 3. The van der Waals surface area contributed by atoms with Crippen LogP contribution in [0.2, 0.25) is 18.1 Å². The molecule has 4 rings (SSSR count). The molecular weight excluding hydrogens is 625 g/mol. The molecule has 9 nitrogen and oxygen atoms in total. The van der Waals surface area contributed by atoms with Crippen LogP contribution in [0.3, 0.4) is 0 Å². The highest BCUT2D eigenvalue weighted by atomic mass is 28.4. The van der Waals surface area contributed by atoms with E-state index in [2.05, 4.69) is 39.2 Å². The number of hydrogen-bond acceptors (Lipinski definition) is 7. The molecule has 1 N–H and O–H groups in total. The van der Waals surface area contributed by atoms with Crippen LogP contribution in [0, 0.1) is 0 Å². The molecule has 0 bridgehead atoms. The summed E-state index contributed by atoms with van der Waals surface area (Å²) < 4.78 is 25.2. The SMILES string of the molecule is CC(C)(C)OC(=O)N1CCC[C@@](OC(=O)c2ccc(OCc3ccccc3)cc2)(O[Si](C)(C)C(C)(C)C)[C@H](NC(=O)c2ccccc2)C1. The summed E-state index contributed by atoms with van der Waals surface area (Å²) in [5.41, 5.74) is 1.05. The minimum atomic E-state index is -2.65. The highest BCUT2D eigenvalue weighted by Gasteiger charge is 2.53. The molecular formula is C38H50N2O7Si. The van der Waals surface area contributed by atoms with Crippen LogP contribution in [0.4, 0.5) is 4.79 Å². The fourth-order valence-corrected chi connectivity index (χ4v) is 6.57. The molecule has 1 fully saturated rings. The Morgan fingerprint density at radius 1 is 0.854 bits per heavy atom. The minimum absolute atomic E-state index is 0.0155. The molecule has 10 heteroatoms. The molecule has 258 valence electrons. The number of rotatable bonds is 9. The third kappa shape index (κ3) is 9.70. The lowest BCUT2D eigenvalue weighted by molar-refractivity contribution is -0.174. The monoisotopic (exact) mass is 674 g/mol. The van der Waals surface area contributed by atoms with Gasteiger partial charge in [0.25, 0.3) is 5.91 Å². The number of carbonyl (C=O) groups excluding carboxylic acids is 3. The van der Waals surface area contributed by atoms with E-state index in [0.717, 1.165) is 5.56 Å². The molecule has 1 saturated heterocycles. The zero-order chi connectivity index (χ0) is 35.2. The fraction of sp³-hybridized carbons (Fsp3) is 0.447. The second kappa shape index (κ2) is 14.9. The number of nitrogens with zero attached hydrogens (tertiary/aromatic N) is 1. The molecule has 1 aliphatic rings. The van der Waals surface area contributed by atoms with Crippen molar-refractivity contribution in [3.63, 3.8) is 0 Å². The molecule has 3 aromatic carbocycles. The molecule has 0 saturated carbocycles. The maximum atomic E-state index is 14.0. The Kier molecular flexibility index (Phi) is 11.4. The molecule has 1 aliphatic heterocycles. The van der Waals surface area contributed by atoms with Crippen molar-refractivity contribution in [3.8, 4) is 5.75 Å². The zero-order valence-electron chi connectivity index (χ0n) is 29.5. The van der Waals surface area contributed by atoms with Gasteiger partial charge in [-0.05, 0) is 87.3 Å². The second-order valence-corrected chi connectivity index (χ2v) is 19.5. The molecule has 0 radical (unpaired) electrons. The maximum Gasteiger partial charge on any atom is 0.410 e. The Morgan fingerprint density at radius 2 is 1.46 bits per heavy atom. The Bertz CT molecular complexity index is 1530. The lowest BCUT2D eigenvalue weighted by atomic mass is 10.0. The summed E-state index contributed by atoms with van der Waals surface area (Å²) in [6, 6.07) is 24.5. The normalized spacial score (nSPS) is 18.8. The largest absolute Gasteiger partial charge is 0.489 e. The van der Waals surface area contributed by atoms with E-state index in [4.69, 9.17) is 18.6 Å². The average molecular weight is 675 g/mol. The van der Waals surface area contributed by atoms with Gasteiger partial charge in [-0.15, -0.1) is 0 Å². The number of esters is 1. The first-order valence-electron chi connectivity index (χ1n) is 16.5. The maximum absolute atomic E-state index is 14.0. The van der Waals surface area contributed by atoms with Crippen LogP contribution >= 0.6 is 0 Å². The van der Waals surface area contributed by atoms with Crippen LogP contribution in [0.5, 0.6) is 5.75 Å². The first-order valence-corrected chi connectivity index (χ1v) is 19.4. The van der Waals surface area contributed by atoms with Gasteiger partial charge in [-0.2, -0.15) is 0 Å². The van der Waals surface area contributed by atoms with Crippen LogP contribution in [0.1, 0.15) is 80.7 Å². The predicted molar refractivity (Wildman–Crippen MR) is 188 cm³/mol. The number of hydrogen-bond donors (Lipinski definition) is 1. The minimum Gasteiger partial charge on any atom is -0.489 e. The van der Waals surface area contributed by atoms with Crippen LogP contribution in [-0.4, -0.2) is 61.7 Å². The molecule has 2 atom stereocenters. The summed E-state index contributed by atoms with van der Waals surface area (Å²) in [4.78, 5) is 42.7. The Balaban J connectivity index is 1.69. The van der Waals surface area contributed by atoms with Crippen LogP contribution in [-0.2, 0) is 20.5 Å². The van der Waals surface area contributed by atoms with Crippen LogP contribution < -0.4 is 10.1 Å². The topological polar surface area (TPSA) is 103 Å². The summed E-state index contributed by atoms with van der Waals surface area (Å²) in [5, 5.41) is 2.84. The predicted octanol–water partition coefficient (Wildman–Crippen LogP) is 7.97. The van der Waals surface area contributed by atoms with Gasteiger partial charge in [0.1, 0.15) is 24.0 Å². The van der Waals surface area contributed by atoms with E-state index in [-0.39, 0.29) is 23.9 Å². The summed E-state index contributed by atoms with van der Waals surface area (Å²) in [6.07, 6.45) is 0.190. The molecule has 0 aromatic heterocycles. The van der Waals surface area contributed by atoms with Crippen molar-refractivity contribution in [2.45, 2.75) is 96.6 Å². The van der Waals surface area contributed by atoms with E-state index >= 15 is 0 Å². The molecule has 0 unspecified atom stereocenters. The first-order chi connectivity index (χ1) is 22.5. The lowest BCUT2D eigenvalue weighted by Gasteiger charge is -2.47. The summed E-state index contributed by atoms with van der Waals surface area (Å²) in [6.45, 7) is 16.6. The Hall–Kier alpha value is -4.15. The zero-order valence-corrected chi connectivity index (χ0v) is 30.5. The summed E-state index contributed by atoms with van der Waals surface area (Å²) >= 11 is 0. The van der Waals surface area contributed by atoms with Crippen LogP contribution in [0.25, 0.3) is 0 Å². The van der Waals surface area contributed by atoms with Gasteiger partial charge in [-0.3, -0.25) is 4.79 Å². The molecule has 3 aromatic rings. The Labute approximate surface area is 286 Å². The third-order valence-electron chi connectivity index (χ3n) is 8.72. The van der Waals surface area contributed by atoms with Gasteiger partial charge >= 0.3 is 12.1 Å². The van der Waals surface area contributed by atoms with Crippen molar-refractivity contribution in [1.82, 2.24) is 10.2 Å². The van der Waals surface area contributed by atoms with Gasteiger partial charge < -0.3 is 28.9 Å². The average Bonchev–Trinajstić information content (AvgIpc) is 3.18. The number of nitrogens with one attached hydrogen (secondary N) is 1. The Morgan fingerprint density at radius 3 is 2.04 bits per heavy atom. The van der Waals surface area contributed by atoms with Gasteiger partial charge in [0.15, 0.2) is 8.32 Å². The van der Waals surface area contributed by atoms with E-state index in [1.165, 1.54) is 0 Å². The highest BCUT2D eigenvalue weighted by molar-refractivity contribution is 6.74. The fourth-order valence-electron chi connectivity index (χ4n) is 5.11. The van der Waals surface area contributed by atoms with Crippen molar-refractivity contribution in [1.29, 1.82) is 0 Å². The van der Waals surface area contributed by atoms with Gasteiger partial charge in [0, 0.05) is 18.5 Å². The summed E-state index contributed by atoms with van der Waals surface area (Å²) in [5.74, 6) is -1.94. The quantitative estimate of drug-likeness (QED) is 0.140. The molecule has 1 heterocycles. The van der Waals surface area contributed by atoms with Gasteiger partial charge in [0.05, 0.1) is 12.1 Å². The molecule has 48 heavy (non-hydrogen) atoms. The van der Waals surface area contributed by atoms with E-state index < -0.39 is 37.8 Å². The van der Waals surface area contributed by atoms with Crippen LogP contribution in [0.15, 0.2) is 84.9 Å². The van der Waals surface area contributed by atoms with E-state index in [1.807, 2.05) is 57.2 Å². The smallest absolute Gasteiger partial charge is 0.410 e. The van der Waals surface area contributed by atoms with Crippen molar-refractivity contribution >= 4 is 26.3 Å². The van der Waals surface area contributed by atoms with E-state index in [1.54, 1.807) is 53.4 Å². The number of benzene rings is 3. The first kappa shape index (κ1) is 36.7.